The molecule has 0 bridgehead atoms. The van der Waals surface area contributed by atoms with E-state index in [1.165, 1.54) is 0 Å². The molecule has 0 unspecified atom stereocenters. The molecule has 4 heterocycles. The zero-order valence-electron chi connectivity index (χ0n) is 15.3. The summed E-state index contributed by atoms with van der Waals surface area (Å²) in [6.45, 7) is 1.87. The molecule has 4 aromatic heterocycles. The fourth-order valence-electron chi connectivity index (χ4n) is 2.81. The quantitative estimate of drug-likeness (QED) is 0.463. The number of hydrogen-bond donors (Lipinski definition) is 1. The third-order valence-corrected chi connectivity index (χ3v) is 4.05. The van der Waals surface area contributed by atoms with E-state index in [4.69, 9.17) is 14.6 Å². The number of aryl methyl sites for hydroxylation is 2. The molecule has 11 heteroatoms. The number of imidazole rings is 1. The molecule has 0 saturated carbocycles. The summed E-state index contributed by atoms with van der Waals surface area (Å²) in [5.41, 5.74) is 1.70. The average molecular weight is 384 g/mol. The van der Waals surface area contributed by atoms with Gasteiger partial charge in [-0.25, -0.2) is 14.5 Å². The van der Waals surface area contributed by atoms with Gasteiger partial charge in [-0.2, -0.15) is 5.10 Å². The van der Waals surface area contributed by atoms with Crippen LogP contribution in [0.2, 0.25) is 0 Å². The van der Waals surface area contributed by atoms with Crippen molar-refractivity contribution in [3.63, 3.8) is 0 Å². The fraction of sp³-hybridized carbons (Fsp3) is 0.294. The maximum atomic E-state index is 8.36. The van der Waals surface area contributed by atoms with E-state index >= 15 is 0 Å². The first-order chi connectivity index (χ1) is 13.8. The minimum Gasteiger partial charge on any atom is -0.483 e. The first-order valence-electron chi connectivity index (χ1n) is 8.52. The maximum absolute atomic E-state index is 8.36. The number of carboxylic acid groups (broad SMARTS) is 1. The van der Waals surface area contributed by atoms with Gasteiger partial charge in [0.15, 0.2) is 11.5 Å². The Labute approximate surface area is 160 Å². The lowest BCUT2D eigenvalue weighted by molar-refractivity contribution is -0.122. The van der Waals surface area contributed by atoms with E-state index in [2.05, 4.69) is 29.8 Å². The molecule has 0 aliphatic heterocycles. The monoisotopic (exact) mass is 384 g/mol. The Morgan fingerprint density at radius 2 is 2.07 bits per heavy atom. The van der Waals surface area contributed by atoms with Crippen LogP contribution in [-0.4, -0.2) is 64.2 Å². The number of methoxy groups -OCH3 is 1. The Morgan fingerprint density at radius 1 is 1.21 bits per heavy atom. The molecule has 0 spiro atoms. The van der Waals surface area contributed by atoms with Crippen LogP contribution in [-0.2, 0) is 29.0 Å². The Balaban J connectivity index is 0.000000706. The average Bonchev–Trinajstić information content (AvgIpc) is 3.45. The second kappa shape index (κ2) is 9.37. The van der Waals surface area contributed by atoms with Crippen molar-refractivity contribution in [1.82, 2.24) is 38.9 Å². The molecular formula is C17H20N8O3. The van der Waals surface area contributed by atoms with Crippen LogP contribution in [0.3, 0.4) is 0 Å². The molecular weight excluding hydrogens is 364 g/mol. The summed E-state index contributed by atoms with van der Waals surface area (Å²) in [6, 6.07) is 5.86. The van der Waals surface area contributed by atoms with Gasteiger partial charge in [0, 0.05) is 39.0 Å². The number of aromatic nitrogens is 8. The van der Waals surface area contributed by atoms with Crippen molar-refractivity contribution in [2.24, 2.45) is 0 Å². The molecule has 0 radical (unpaired) electrons. The van der Waals surface area contributed by atoms with Gasteiger partial charge in [0.05, 0.1) is 6.61 Å². The van der Waals surface area contributed by atoms with E-state index in [1.54, 1.807) is 30.5 Å². The lowest BCUT2D eigenvalue weighted by Crippen LogP contribution is -2.11. The van der Waals surface area contributed by atoms with Crippen molar-refractivity contribution < 1.29 is 14.6 Å². The number of hydrogen-bond acceptors (Lipinski definition) is 7. The van der Waals surface area contributed by atoms with Gasteiger partial charge >= 0.3 is 0 Å². The normalized spacial score (nSPS) is 10.6. The van der Waals surface area contributed by atoms with Crippen molar-refractivity contribution in [1.29, 1.82) is 0 Å². The Hall–Kier alpha value is -3.60. The van der Waals surface area contributed by atoms with E-state index in [9.17, 15) is 0 Å². The van der Waals surface area contributed by atoms with Gasteiger partial charge in [0.2, 0.25) is 0 Å². The van der Waals surface area contributed by atoms with E-state index < -0.39 is 0 Å². The Morgan fingerprint density at radius 3 is 2.89 bits per heavy atom. The van der Waals surface area contributed by atoms with Gasteiger partial charge in [0.25, 0.3) is 6.47 Å². The standard InChI is InChI=1S/C16H18N8O.CH2O2/c1-25-10-9-23-12-19-21-15(23)5-7-22-8-6-17-16(22)13-3-2-4-14-18-11-20-24(13)14;2-1-3/h2-4,6,8,11-12H,5,7,9-10H2,1H3;1H,(H,2,3). The summed E-state index contributed by atoms with van der Waals surface area (Å²) < 4.78 is 11.0. The number of nitrogens with zero attached hydrogens (tertiary/aromatic N) is 8. The molecule has 0 aliphatic carbocycles. The van der Waals surface area contributed by atoms with Crippen LogP contribution in [0.25, 0.3) is 17.2 Å². The predicted molar refractivity (Wildman–Crippen MR) is 98.5 cm³/mol. The van der Waals surface area contributed by atoms with Crippen LogP contribution in [0.1, 0.15) is 5.82 Å². The molecule has 1 N–H and O–H groups in total. The highest BCUT2D eigenvalue weighted by atomic mass is 16.5. The van der Waals surface area contributed by atoms with Gasteiger partial charge in [-0.05, 0) is 12.1 Å². The van der Waals surface area contributed by atoms with Gasteiger partial charge in [-0.15, -0.1) is 10.2 Å². The molecule has 146 valence electrons. The van der Waals surface area contributed by atoms with Gasteiger partial charge in [-0.3, -0.25) is 4.79 Å². The SMILES string of the molecule is COCCn1cnnc1CCn1ccnc1-c1cccc2ncnn12.O=CO. The van der Waals surface area contributed by atoms with Crippen LogP contribution in [0, 0.1) is 0 Å². The summed E-state index contributed by atoms with van der Waals surface area (Å²) in [6.07, 6.45) is 7.78. The minimum absolute atomic E-state index is 0.250. The predicted octanol–water partition coefficient (Wildman–Crippen LogP) is 0.774. The minimum atomic E-state index is -0.250. The fourth-order valence-corrected chi connectivity index (χ4v) is 2.81. The van der Waals surface area contributed by atoms with Gasteiger partial charge in [0.1, 0.15) is 24.2 Å². The van der Waals surface area contributed by atoms with E-state index in [1.807, 2.05) is 29.0 Å². The molecule has 0 atom stereocenters. The molecule has 0 aliphatic rings. The Bertz CT molecular complexity index is 1020. The van der Waals surface area contributed by atoms with Crippen molar-refractivity contribution in [3.8, 4) is 11.5 Å². The maximum Gasteiger partial charge on any atom is 0.290 e. The number of carbonyl (C=O) groups is 1. The number of fused-ring (bicyclic) bond motifs is 1. The highest BCUT2D eigenvalue weighted by Crippen LogP contribution is 2.18. The van der Waals surface area contributed by atoms with Crippen molar-refractivity contribution in [2.45, 2.75) is 19.5 Å². The zero-order chi connectivity index (χ0) is 19.8. The largest absolute Gasteiger partial charge is 0.483 e. The zero-order valence-corrected chi connectivity index (χ0v) is 15.3. The highest BCUT2D eigenvalue weighted by Gasteiger charge is 2.12. The molecule has 0 aromatic carbocycles. The molecule has 0 saturated heterocycles. The second-order valence-electron chi connectivity index (χ2n) is 5.67. The van der Waals surface area contributed by atoms with Crippen molar-refractivity contribution >= 4 is 12.1 Å². The van der Waals surface area contributed by atoms with Crippen molar-refractivity contribution in [3.05, 3.63) is 49.1 Å². The summed E-state index contributed by atoms with van der Waals surface area (Å²) in [7, 11) is 1.69. The third-order valence-electron chi connectivity index (χ3n) is 4.05. The molecule has 11 nitrogen and oxygen atoms in total. The summed E-state index contributed by atoms with van der Waals surface area (Å²) in [5.74, 6) is 1.77. The Kier molecular flexibility index (Phi) is 6.41. The highest BCUT2D eigenvalue weighted by molar-refractivity contribution is 5.56. The van der Waals surface area contributed by atoms with E-state index in [0.717, 1.165) is 42.5 Å². The van der Waals surface area contributed by atoms with E-state index in [-0.39, 0.29) is 6.47 Å². The summed E-state index contributed by atoms with van der Waals surface area (Å²) in [4.78, 5) is 17.1. The van der Waals surface area contributed by atoms with E-state index in [0.29, 0.717) is 6.61 Å². The van der Waals surface area contributed by atoms with Crippen molar-refractivity contribution in [2.75, 3.05) is 13.7 Å². The topological polar surface area (TPSA) is 125 Å². The van der Waals surface area contributed by atoms with Crippen LogP contribution in [0.15, 0.2) is 43.2 Å². The number of rotatable bonds is 7. The van der Waals surface area contributed by atoms with Crippen LogP contribution >= 0.6 is 0 Å². The van der Waals surface area contributed by atoms with Crippen LogP contribution in [0.4, 0.5) is 0 Å². The number of pyridine rings is 1. The second-order valence-corrected chi connectivity index (χ2v) is 5.67. The first-order valence-corrected chi connectivity index (χ1v) is 8.52. The van der Waals surface area contributed by atoms with Crippen LogP contribution in [0.5, 0.6) is 0 Å². The first kappa shape index (κ1) is 19.2. The smallest absolute Gasteiger partial charge is 0.290 e. The summed E-state index contributed by atoms with van der Waals surface area (Å²) >= 11 is 0. The molecule has 0 fully saturated rings. The molecule has 4 rings (SSSR count). The van der Waals surface area contributed by atoms with Gasteiger partial charge < -0.3 is 19.0 Å². The molecule has 28 heavy (non-hydrogen) atoms. The lowest BCUT2D eigenvalue weighted by Gasteiger charge is -2.10. The molecule has 4 aromatic rings. The third kappa shape index (κ3) is 4.20. The lowest BCUT2D eigenvalue weighted by atomic mass is 10.3. The summed E-state index contributed by atoms with van der Waals surface area (Å²) in [5, 5.41) is 19.4. The molecule has 0 amide bonds. The van der Waals surface area contributed by atoms with Gasteiger partial charge in [-0.1, -0.05) is 6.07 Å². The van der Waals surface area contributed by atoms with Crippen LogP contribution < -0.4 is 0 Å². The number of ether oxygens (including phenoxy) is 1.